The fraction of sp³-hybridized carbons (Fsp3) is 0.500. The number of hydrogen-bond acceptors (Lipinski definition) is 3. The number of hydrogen-bond donors (Lipinski definition) is 1. The van der Waals surface area contributed by atoms with Gasteiger partial charge in [-0.05, 0) is 12.5 Å². The van der Waals surface area contributed by atoms with Gasteiger partial charge < -0.3 is 10.0 Å². The molecule has 0 saturated carbocycles. The fourth-order valence-electron chi connectivity index (χ4n) is 1.13. The van der Waals surface area contributed by atoms with E-state index in [2.05, 4.69) is 0 Å². The van der Waals surface area contributed by atoms with E-state index in [9.17, 15) is 9.59 Å². The molecule has 1 aliphatic heterocycles. The zero-order valence-electron chi connectivity index (χ0n) is 7.32. The van der Waals surface area contributed by atoms with Crippen molar-refractivity contribution in [2.24, 2.45) is 0 Å². The molecule has 0 unspecified atom stereocenters. The smallest absolute Gasteiger partial charge is 0.328 e. The molecule has 0 aliphatic carbocycles. The van der Waals surface area contributed by atoms with Crippen molar-refractivity contribution in [2.75, 3.05) is 18.8 Å². The van der Waals surface area contributed by atoms with Gasteiger partial charge in [-0.25, -0.2) is 4.79 Å². The number of amides is 1. The lowest BCUT2D eigenvalue weighted by atomic mass is 10.2. The molecule has 5 heteroatoms. The first-order valence-corrected chi connectivity index (χ1v) is 4.90. The lowest BCUT2D eigenvalue weighted by molar-refractivity contribution is -0.131. The van der Waals surface area contributed by atoms with E-state index in [4.69, 9.17) is 5.11 Å². The van der Waals surface area contributed by atoms with Crippen molar-refractivity contribution in [2.45, 2.75) is 6.92 Å². The van der Waals surface area contributed by atoms with Crippen LogP contribution >= 0.6 is 11.8 Å². The van der Waals surface area contributed by atoms with Crippen LogP contribution in [0.4, 0.5) is 4.79 Å². The van der Waals surface area contributed by atoms with Gasteiger partial charge in [-0.2, -0.15) is 0 Å². The van der Waals surface area contributed by atoms with Crippen LogP contribution in [0.25, 0.3) is 0 Å². The van der Waals surface area contributed by atoms with E-state index in [0.29, 0.717) is 18.7 Å². The van der Waals surface area contributed by atoms with Gasteiger partial charge in [0.2, 0.25) is 0 Å². The highest BCUT2D eigenvalue weighted by Crippen LogP contribution is 2.17. The SMILES string of the molecule is CC(=CC(=O)O)CN1CCSC1=O. The molecule has 1 heterocycles. The molecule has 72 valence electrons. The minimum absolute atomic E-state index is 0.0399. The molecule has 1 amide bonds. The maximum atomic E-state index is 11.1. The van der Waals surface area contributed by atoms with E-state index in [1.807, 2.05) is 0 Å². The minimum Gasteiger partial charge on any atom is -0.478 e. The zero-order valence-corrected chi connectivity index (χ0v) is 8.13. The second kappa shape index (κ2) is 4.32. The Morgan fingerprint density at radius 3 is 2.92 bits per heavy atom. The van der Waals surface area contributed by atoms with Gasteiger partial charge in [-0.1, -0.05) is 11.8 Å². The molecule has 0 bridgehead atoms. The monoisotopic (exact) mass is 201 g/mol. The third-order valence-corrected chi connectivity index (χ3v) is 2.55. The molecule has 1 rings (SSSR count). The van der Waals surface area contributed by atoms with Gasteiger partial charge in [-0.3, -0.25) is 4.79 Å². The van der Waals surface area contributed by atoms with Crippen LogP contribution in [0.2, 0.25) is 0 Å². The van der Waals surface area contributed by atoms with Crippen molar-refractivity contribution in [1.82, 2.24) is 4.90 Å². The Kier molecular flexibility index (Phi) is 3.36. The number of thioether (sulfide) groups is 1. The number of carboxylic acid groups (broad SMARTS) is 1. The van der Waals surface area contributed by atoms with Crippen LogP contribution in [-0.2, 0) is 4.79 Å². The van der Waals surface area contributed by atoms with Crippen molar-refractivity contribution in [3.05, 3.63) is 11.6 Å². The third kappa shape index (κ3) is 3.10. The summed E-state index contributed by atoms with van der Waals surface area (Å²) in [4.78, 5) is 23.0. The van der Waals surface area contributed by atoms with E-state index in [0.717, 1.165) is 11.8 Å². The Morgan fingerprint density at radius 1 is 1.77 bits per heavy atom. The van der Waals surface area contributed by atoms with Gasteiger partial charge in [0.25, 0.3) is 5.24 Å². The van der Waals surface area contributed by atoms with E-state index < -0.39 is 5.97 Å². The maximum Gasteiger partial charge on any atom is 0.328 e. The lowest BCUT2D eigenvalue weighted by Gasteiger charge is -2.13. The first kappa shape index (κ1) is 10.1. The third-order valence-electron chi connectivity index (χ3n) is 1.66. The molecule has 0 radical (unpaired) electrons. The van der Waals surface area contributed by atoms with Crippen molar-refractivity contribution in [3.8, 4) is 0 Å². The lowest BCUT2D eigenvalue weighted by Crippen LogP contribution is -2.25. The first-order chi connectivity index (χ1) is 6.09. The normalized spacial score (nSPS) is 18.1. The molecule has 0 aromatic rings. The molecule has 0 aromatic heterocycles. The summed E-state index contributed by atoms with van der Waals surface area (Å²) in [5, 5.41) is 8.48. The molecule has 1 aliphatic rings. The van der Waals surface area contributed by atoms with E-state index in [1.54, 1.807) is 11.8 Å². The fourth-order valence-corrected chi connectivity index (χ4v) is 1.95. The average Bonchev–Trinajstić information content (AvgIpc) is 2.34. The van der Waals surface area contributed by atoms with Crippen LogP contribution in [0.3, 0.4) is 0 Å². The molecule has 13 heavy (non-hydrogen) atoms. The second-order valence-electron chi connectivity index (χ2n) is 2.86. The van der Waals surface area contributed by atoms with Crippen LogP contribution in [0.5, 0.6) is 0 Å². The topological polar surface area (TPSA) is 57.6 Å². The summed E-state index contributed by atoms with van der Waals surface area (Å²) in [6, 6.07) is 0. The highest BCUT2D eigenvalue weighted by Gasteiger charge is 2.20. The summed E-state index contributed by atoms with van der Waals surface area (Å²) in [5.74, 6) is -0.157. The Morgan fingerprint density at radius 2 is 2.46 bits per heavy atom. The van der Waals surface area contributed by atoms with Crippen molar-refractivity contribution < 1.29 is 14.7 Å². The highest BCUT2D eigenvalue weighted by molar-refractivity contribution is 8.13. The van der Waals surface area contributed by atoms with Gasteiger partial charge in [0.15, 0.2) is 0 Å². The van der Waals surface area contributed by atoms with Gasteiger partial charge in [0, 0.05) is 24.9 Å². The summed E-state index contributed by atoms with van der Waals surface area (Å²) >= 11 is 1.28. The summed E-state index contributed by atoms with van der Waals surface area (Å²) in [6.45, 7) is 2.86. The minimum atomic E-state index is -0.961. The summed E-state index contributed by atoms with van der Waals surface area (Å²) in [7, 11) is 0. The first-order valence-electron chi connectivity index (χ1n) is 3.91. The number of nitrogens with zero attached hydrogens (tertiary/aromatic N) is 1. The van der Waals surface area contributed by atoms with Crippen LogP contribution in [0.1, 0.15) is 6.92 Å². The van der Waals surface area contributed by atoms with Gasteiger partial charge in [0.1, 0.15) is 0 Å². The average molecular weight is 201 g/mol. The van der Waals surface area contributed by atoms with Crippen LogP contribution in [0, 0.1) is 0 Å². The Labute approximate surface area is 80.6 Å². The molecule has 0 aromatic carbocycles. The van der Waals surface area contributed by atoms with Crippen molar-refractivity contribution in [1.29, 1.82) is 0 Å². The number of carboxylic acids is 1. The van der Waals surface area contributed by atoms with E-state index in [1.165, 1.54) is 11.8 Å². The molecule has 1 fully saturated rings. The standard InChI is InChI=1S/C8H11NO3S/c1-6(4-7(10)11)5-9-2-3-13-8(9)12/h4H,2-3,5H2,1H3,(H,10,11). The Bertz CT molecular complexity index is 262. The Balaban J connectivity index is 2.48. The molecule has 4 nitrogen and oxygen atoms in total. The summed E-state index contributed by atoms with van der Waals surface area (Å²) in [6.07, 6.45) is 1.14. The number of carbonyl (C=O) groups is 2. The van der Waals surface area contributed by atoms with Crippen molar-refractivity contribution in [3.63, 3.8) is 0 Å². The van der Waals surface area contributed by atoms with Gasteiger partial charge >= 0.3 is 5.97 Å². The number of aliphatic carboxylic acids is 1. The van der Waals surface area contributed by atoms with Crippen molar-refractivity contribution >= 4 is 23.0 Å². The summed E-state index contributed by atoms with van der Waals surface area (Å²) < 4.78 is 0. The van der Waals surface area contributed by atoms with Crippen LogP contribution < -0.4 is 0 Å². The van der Waals surface area contributed by atoms with Gasteiger partial charge in [0.05, 0.1) is 0 Å². The molecule has 0 spiro atoms. The quantitative estimate of drug-likeness (QED) is 0.697. The molecular weight excluding hydrogens is 190 g/mol. The predicted octanol–water partition coefficient (Wildman–Crippen LogP) is 1.19. The Hall–Kier alpha value is -0.970. The predicted molar refractivity (Wildman–Crippen MR) is 50.8 cm³/mol. The largest absolute Gasteiger partial charge is 0.478 e. The zero-order chi connectivity index (χ0) is 9.84. The van der Waals surface area contributed by atoms with Crippen LogP contribution in [0.15, 0.2) is 11.6 Å². The molecule has 1 saturated heterocycles. The van der Waals surface area contributed by atoms with E-state index in [-0.39, 0.29) is 5.24 Å². The summed E-state index contributed by atoms with van der Waals surface area (Å²) in [5.41, 5.74) is 0.698. The van der Waals surface area contributed by atoms with Gasteiger partial charge in [-0.15, -0.1) is 0 Å². The molecule has 1 N–H and O–H groups in total. The maximum absolute atomic E-state index is 11.1. The van der Waals surface area contributed by atoms with Crippen LogP contribution in [-0.4, -0.2) is 40.1 Å². The van der Waals surface area contributed by atoms with E-state index >= 15 is 0 Å². The highest BCUT2D eigenvalue weighted by atomic mass is 32.2. The second-order valence-corrected chi connectivity index (χ2v) is 3.91. The molecular formula is C8H11NO3S. The molecule has 0 atom stereocenters. The number of rotatable bonds is 3. The number of carbonyl (C=O) groups excluding carboxylic acids is 1.